The van der Waals surface area contributed by atoms with Crippen LogP contribution in [0.1, 0.15) is 59.4 Å². The number of benzene rings is 1. The van der Waals surface area contributed by atoms with Gasteiger partial charge in [-0.25, -0.2) is 19.3 Å². The van der Waals surface area contributed by atoms with E-state index < -0.39 is 24.4 Å². The molecule has 2 heterocycles. The number of pyridine rings is 1. The number of carbonyl (C=O) groups excluding carboxylic acids is 1. The molecule has 0 radical (unpaired) electrons. The number of nitrogens with one attached hydrogen (secondary N) is 1. The van der Waals surface area contributed by atoms with Crippen molar-refractivity contribution in [2.75, 3.05) is 12.3 Å². The molecule has 1 fully saturated rings. The standard InChI is InChI=1S/C24H25ClFN5O3/c25-21-3-1-2-18(29-21)20(12-32)31-24(34)16-9-6-14(10-17(16)26)22-23(27)28-11-19(30-22)13-4-7-15(33)8-5-13/h1-3,6,9-11,13,15,20,32-33H,4-5,7-8,12H2,(H2,27,28)(H,31,34)/t13?,15?,20-/m1/s1. The molecular formula is C24H25ClFN5O3. The minimum absolute atomic E-state index is 0.153. The average molecular weight is 486 g/mol. The molecule has 0 unspecified atom stereocenters. The number of hydrogen-bond acceptors (Lipinski definition) is 7. The SMILES string of the molecule is Nc1ncc(C2CCC(O)CC2)nc1-c1ccc(C(=O)N[C@H](CO)c2cccc(Cl)n2)c(F)c1. The van der Waals surface area contributed by atoms with Crippen LogP contribution >= 0.6 is 11.6 Å². The lowest BCUT2D eigenvalue weighted by Crippen LogP contribution is -2.32. The van der Waals surface area contributed by atoms with Crippen LogP contribution in [0.4, 0.5) is 10.2 Å². The summed E-state index contributed by atoms with van der Waals surface area (Å²) in [6.45, 7) is -0.435. The Morgan fingerprint density at radius 3 is 2.65 bits per heavy atom. The Morgan fingerprint density at radius 2 is 1.97 bits per heavy atom. The summed E-state index contributed by atoms with van der Waals surface area (Å²) in [5.41, 5.74) is 7.66. The van der Waals surface area contributed by atoms with Crippen LogP contribution in [0.5, 0.6) is 0 Å². The van der Waals surface area contributed by atoms with E-state index in [1.54, 1.807) is 30.5 Å². The normalized spacial score (nSPS) is 18.9. The number of nitrogens with two attached hydrogens (primary N) is 1. The molecule has 0 saturated heterocycles. The highest BCUT2D eigenvalue weighted by Crippen LogP contribution is 2.34. The van der Waals surface area contributed by atoms with Crippen molar-refractivity contribution in [1.82, 2.24) is 20.3 Å². The number of carbonyl (C=O) groups is 1. The van der Waals surface area contributed by atoms with Crippen LogP contribution in [0, 0.1) is 5.82 Å². The van der Waals surface area contributed by atoms with Crippen molar-refractivity contribution >= 4 is 23.3 Å². The van der Waals surface area contributed by atoms with E-state index in [9.17, 15) is 19.4 Å². The van der Waals surface area contributed by atoms with Crippen molar-refractivity contribution in [2.24, 2.45) is 0 Å². The molecule has 178 valence electrons. The molecule has 3 aromatic rings. The number of rotatable bonds is 6. The Morgan fingerprint density at radius 1 is 1.21 bits per heavy atom. The van der Waals surface area contributed by atoms with E-state index in [0.29, 0.717) is 29.8 Å². The molecule has 2 aromatic heterocycles. The zero-order valence-electron chi connectivity index (χ0n) is 18.3. The van der Waals surface area contributed by atoms with Gasteiger partial charge < -0.3 is 21.3 Å². The molecule has 1 aromatic carbocycles. The lowest BCUT2D eigenvalue weighted by Gasteiger charge is -2.25. The van der Waals surface area contributed by atoms with Gasteiger partial charge >= 0.3 is 0 Å². The maximum atomic E-state index is 15.0. The zero-order chi connectivity index (χ0) is 24.2. The largest absolute Gasteiger partial charge is 0.394 e. The molecule has 0 spiro atoms. The van der Waals surface area contributed by atoms with E-state index in [4.69, 9.17) is 17.3 Å². The molecule has 0 aliphatic heterocycles. The third-order valence-corrected chi connectivity index (χ3v) is 6.21. The van der Waals surface area contributed by atoms with Crippen molar-refractivity contribution in [3.05, 3.63) is 70.5 Å². The van der Waals surface area contributed by atoms with Gasteiger partial charge in [0.2, 0.25) is 0 Å². The van der Waals surface area contributed by atoms with E-state index in [0.717, 1.165) is 18.5 Å². The van der Waals surface area contributed by atoms with E-state index in [1.807, 2.05) is 0 Å². The number of aromatic nitrogens is 3. The maximum absolute atomic E-state index is 15.0. The van der Waals surface area contributed by atoms with E-state index in [2.05, 4.69) is 20.3 Å². The van der Waals surface area contributed by atoms with Gasteiger partial charge in [0.1, 0.15) is 22.5 Å². The Kier molecular flexibility index (Phi) is 7.35. The van der Waals surface area contributed by atoms with Crippen LogP contribution in [0.3, 0.4) is 0 Å². The Hall–Kier alpha value is -3.14. The second kappa shape index (κ2) is 10.4. The maximum Gasteiger partial charge on any atom is 0.254 e. The van der Waals surface area contributed by atoms with Crippen molar-refractivity contribution in [2.45, 2.75) is 43.7 Å². The van der Waals surface area contributed by atoms with E-state index in [-0.39, 0.29) is 28.6 Å². The molecule has 1 saturated carbocycles. The summed E-state index contributed by atoms with van der Waals surface area (Å²) in [7, 11) is 0. The molecule has 10 heteroatoms. The third kappa shape index (κ3) is 5.32. The fraction of sp³-hybridized carbons (Fsp3) is 0.333. The van der Waals surface area contributed by atoms with Crippen LogP contribution in [-0.4, -0.2) is 43.8 Å². The lowest BCUT2D eigenvalue weighted by molar-refractivity contribution is 0.0910. The quantitative estimate of drug-likeness (QED) is 0.393. The minimum Gasteiger partial charge on any atom is -0.394 e. The molecule has 0 bridgehead atoms. The zero-order valence-corrected chi connectivity index (χ0v) is 19.0. The first-order valence-electron chi connectivity index (χ1n) is 11.0. The summed E-state index contributed by atoms with van der Waals surface area (Å²) >= 11 is 5.88. The number of aliphatic hydroxyl groups is 2. The molecule has 8 nitrogen and oxygen atoms in total. The third-order valence-electron chi connectivity index (χ3n) is 6.00. The first kappa shape index (κ1) is 24.0. The minimum atomic E-state index is -0.850. The van der Waals surface area contributed by atoms with Gasteiger partial charge in [0, 0.05) is 11.5 Å². The number of nitrogen functional groups attached to an aromatic ring is 1. The van der Waals surface area contributed by atoms with Gasteiger partial charge in [-0.1, -0.05) is 23.7 Å². The van der Waals surface area contributed by atoms with Gasteiger partial charge in [0.25, 0.3) is 5.91 Å². The second-order valence-electron chi connectivity index (χ2n) is 8.32. The number of anilines is 1. The first-order valence-corrected chi connectivity index (χ1v) is 11.4. The predicted octanol–water partition coefficient (Wildman–Crippen LogP) is 3.40. The number of nitrogens with zero attached hydrogens (tertiary/aromatic N) is 3. The van der Waals surface area contributed by atoms with Crippen molar-refractivity contribution in [1.29, 1.82) is 0 Å². The Bertz CT molecular complexity index is 1190. The Labute approximate surface area is 201 Å². The van der Waals surface area contributed by atoms with Gasteiger partial charge in [0.05, 0.1) is 41.9 Å². The summed E-state index contributed by atoms with van der Waals surface area (Å²) < 4.78 is 15.0. The molecule has 1 atom stereocenters. The lowest BCUT2D eigenvalue weighted by atomic mass is 9.85. The monoisotopic (exact) mass is 485 g/mol. The number of hydrogen-bond donors (Lipinski definition) is 4. The molecule has 34 heavy (non-hydrogen) atoms. The summed E-state index contributed by atoms with van der Waals surface area (Å²) in [5, 5.41) is 22.2. The van der Waals surface area contributed by atoms with Gasteiger partial charge in [-0.2, -0.15) is 0 Å². The van der Waals surface area contributed by atoms with Crippen molar-refractivity contribution in [3.8, 4) is 11.3 Å². The second-order valence-corrected chi connectivity index (χ2v) is 8.71. The van der Waals surface area contributed by atoms with Crippen LogP contribution in [0.25, 0.3) is 11.3 Å². The van der Waals surface area contributed by atoms with Crippen LogP contribution < -0.4 is 11.1 Å². The topological polar surface area (TPSA) is 134 Å². The molecule has 5 N–H and O–H groups in total. The first-order chi connectivity index (χ1) is 16.4. The number of aliphatic hydroxyl groups excluding tert-OH is 2. The molecular weight excluding hydrogens is 461 g/mol. The van der Waals surface area contributed by atoms with Crippen molar-refractivity contribution < 1.29 is 19.4 Å². The van der Waals surface area contributed by atoms with E-state index in [1.165, 1.54) is 12.1 Å². The van der Waals surface area contributed by atoms with Crippen LogP contribution in [-0.2, 0) is 0 Å². The molecule has 1 aliphatic carbocycles. The molecule has 1 amide bonds. The summed E-state index contributed by atoms with van der Waals surface area (Å²) in [4.78, 5) is 25.6. The molecule has 1 aliphatic rings. The van der Waals surface area contributed by atoms with Crippen molar-refractivity contribution in [3.63, 3.8) is 0 Å². The van der Waals surface area contributed by atoms with Gasteiger partial charge in [0.15, 0.2) is 0 Å². The molecule has 4 rings (SSSR count). The fourth-order valence-electron chi connectivity index (χ4n) is 4.11. The highest BCUT2D eigenvalue weighted by molar-refractivity contribution is 6.29. The van der Waals surface area contributed by atoms with E-state index >= 15 is 0 Å². The highest BCUT2D eigenvalue weighted by atomic mass is 35.5. The van der Waals surface area contributed by atoms with Gasteiger partial charge in [-0.15, -0.1) is 0 Å². The smallest absolute Gasteiger partial charge is 0.254 e. The highest BCUT2D eigenvalue weighted by Gasteiger charge is 2.24. The number of amides is 1. The summed E-state index contributed by atoms with van der Waals surface area (Å²) in [6, 6.07) is 8.05. The van der Waals surface area contributed by atoms with Gasteiger partial charge in [-0.05, 0) is 49.9 Å². The summed E-state index contributed by atoms with van der Waals surface area (Å²) in [6.07, 6.45) is 4.32. The average Bonchev–Trinajstić information content (AvgIpc) is 2.83. The number of halogens is 2. The van der Waals surface area contributed by atoms with Crippen LogP contribution in [0.2, 0.25) is 5.15 Å². The summed E-state index contributed by atoms with van der Waals surface area (Å²) in [5.74, 6) is -1.17. The fourth-order valence-corrected chi connectivity index (χ4v) is 4.28. The Balaban J connectivity index is 1.55. The predicted molar refractivity (Wildman–Crippen MR) is 126 cm³/mol. The van der Waals surface area contributed by atoms with Gasteiger partial charge in [-0.3, -0.25) is 4.79 Å². The van der Waals surface area contributed by atoms with Crippen LogP contribution in [0.15, 0.2) is 42.6 Å².